The Kier molecular flexibility index (Phi) is 4.83. The maximum absolute atomic E-state index is 9.78. The average Bonchev–Trinajstić information content (AvgIpc) is 2.46. The highest BCUT2D eigenvalue weighted by molar-refractivity contribution is 5.30. The molecule has 0 aromatic heterocycles. The summed E-state index contributed by atoms with van der Waals surface area (Å²) in [4.78, 5) is 2.47. The molecule has 0 radical (unpaired) electrons. The Morgan fingerprint density at radius 2 is 2.16 bits per heavy atom. The van der Waals surface area contributed by atoms with Crippen LogP contribution in [0.3, 0.4) is 0 Å². The Morgan fingerprint density at radius 3 is 2.84 bits per heavy atom. The Balaban J connectivity index is 2.07. The van der Waals surface area contributed by atoms with Crippen molar-refractivity contribution in [3.63, 3.8) is 0 Å². The van der Waals surface area contributed by atoms with Gasteiger partial charge in [0.15, 0.2) is 0 Å². The molecule has 1 saturated heterocycles. The van der Waals surface area contributed by atoms with Gasteiger partial charge in [-0.1, -0.05) is 12.1 Å². The number of benzene rings is 1. The van der Waals surface area contributed by atoms with Gasteiger partial charge in [0.1, 0.15) is 5.75 Å². The lowest BCUT2D eigenvalue weighted by atomic mass is 9.91. The molecule has 0 bridgehead atoms. The van der Waals surface area contributed by atoms with Crippen molar-refractivity contribution in [1.82, 2.24) is 4.90 Å². The molecule has 0 saturated carbocycles. The van der Waals surface area contributed by atoms with Crippen LogP contribution in [0.15, 0.2) is 24.3 Å². The van der Waals surface area contributed by atoms with E-state index in [2.05, 4.69) is 24.0 Å². The quantitative estimate of drug-likeness (QED) is 0.906. The van der Waals surface area contributed by atoms with Gasteiger partial charge >= 0.3 is 0 Å². The summed E-state index contributed by atoms with van der Waals surface area (Å²) in [6, 6.07) is 8.65. The second-order valence-electron chi connectivity index (χ2n) is 5.59. The molecule has 1 N–H and O–H groups in total. The van der Waals surface area contributed by atoms with Gasteiger partial charge in [-0.15, -0.1) is 0 Å². The van der Waals surface area contributed by atoms with Crippen LogP contribution in [-0.4, -0.2) is 36.3 Å². The molecule has 3 heteroatoms. The predicted octanol–water partition coefficient (Wildman–Crippen LogP) is 2.85. The van der Waals surface area contributed by atoms with Gasteiger partial charge in [0.25, 0.3) is 0 Å². The highest BCUT2D eigenvalue weighted by atomic mass is 16.5. The molecule has 3 unspecified atom stereocenters. The Labute approximate surface area is 116 Å². The summed E-state index contributed by atoms with van der Waals surface area (Å²) in [5.41, 5.74) is 1.28. The fourth-order valence-corrected chi connectivity index (χ4v) is 2.90. The first-order valence-corrected chi connectivity index (χ1v) is 7.18. The van der Waals surface area contributed by atoms with Crippen molar-refractivity contribution >= 4 is 0 Å². The number of hydrogen-bond donors (Lipinski definition) is 1. The lowest BCUT2D eigenvalue weighted by Crippen LogP contribution is -2.40. The van der Waals surface area contributed by atoms with Gasteiger partial charge in [-0.25, -0.2) is 0 Å². The third kappa shape index (κ3) is 3.48. The molecule has 3 nitrogen and oxygen atoms in total. The Hall–Kier alpha value is -1.06. The van der Waals surface area contributed by atoms with Gasteiger partial charge in [-0.3, -0.25) is 4.90 Å². The first-order valence-electron chi connectivity index (χ1n) is 7.18. The predicted molar refractivity (Wildman–Crippen MR) is 77.4 cm³/mol. The van der Waals surface area contributed by atoms with Gasteiger partial charge < -0.3 is 9.84 Å². The van der Waals surface area contributed by atoms with E-state index in [1.165, 1.54) is 12.0 Å². The van der Waals surface area contributed by atoms with E-state index in [-0.39, 0.29) is 6.10 Å². The largest absolute Gasteiger partial charge is 0.497 e. The summed E-state index contributed by atoms with van der Waals surface area (Å²) >= 11 is 0. The number of aliphatic hydroxyl groups excluding tert-OH is 1. The minimum atomic E-state index is -0.208. The molecule has 0 spiro atoms. The van der Waals surface area contributed by atoms with E-state index in [4.69, 9.17) is 4.74 Å². The van der Waals surface area contributed by atoms with E-state index < -0.39 is 0 Å². The van der Waals surface area contributed by atoms with Crippen molar-refractivity contribution in [1.29, 1.82) is 0 Å². The maximum atomic E-state index is 9.78. The second-order valence-corrected chi connectivity index (χ2v) is 5.59. The number of hydrogen-bond acceptors (Lipinski definition) is 3. The smallest absolute Gasteiger partial charge is 0.119 e. The van der Waals surface area contributed by atoms with Crippen LogP contribution in [-0.2, 0) is 0 Å². The van der Waals surface area contributed by atoms with E-state index >= 15 is 0 Å². The number of likely N-dealkylation sites (tertiary alicyclic amines) is 1. The molecule has 1 aromatic rings. The number of aliphatic hydroxyl groups is 1. The minimum Gasteiger partial charge on any atom is -0.497 e. The molecule has 19 heavy (non-hydrogen) atoms. The average molecular weight is 263 g/mol. The molecule has 1 heterocycles. The fourth-order valence-electron chi connectivity index (χ4n) is 2.90. The molecule has 0 aliphatic carbocycles. The van der Waals surface area contributed by atoms with Crippen LogP contribution in [0.25, 0.3) is 0 Å². The standard InChI is InChI=1S/C16H25NO2/c1-12(14-6-4-8-16(10-14)19-3)17-9-5-7-15(11-17)13(2)18/h4,6,8,10,12-13,15,18H,5,7,9,11H2,1-3H3. The summed E-state index contributed by atoms with van der Waals surface area (Å²) in [5, 5.41) is 9.78. The number of methoxy groups -OCH3 is 1. The van der Waals surface area contributed by atoms with Crippen molar-refractivity contribution in [2.24, 2.45) is 5.92 Å². The fraction of sp³-hybridized carbons (Fsp3) is 0.625. The number of rotatable bonds is 4. The number of nitrogens with zero attached hydrogens (tertiary/aromatic N) is 1. The monoisotopic (exact) mass is 263 g/mol. The van der Waals surface area contributed by atoms with Crippen molar-refractivity contribution in [2.75, 3.05) is 20.2 Å². The lowest BCUT2D eigenvalue weighted by Gasteiger charge is -2.38. The molecule has 1 aliphatic heterocycles. The maximum Gasteiger partial charge on any atom is 0.119 e. The summed E-state index contributed by atoms with van der Waals surface area (Å²) < 4.78 is 5.29. The number of piperidine rings is 1. The van der Waals surface area contributed by atoms with Gasteiger partial charge in [-0.2, -0.15) is 0 Å². The molecule has 3 atom stereocenters. The normalized spacial score (nSPS) is 23.9. The van der Waals surface area contributed by atoms with E-state index in [9.17, 15) is 5.11 Å². The van der Waals surface area contributed by atoms with Crippen molar-refractivity contribution in [3.05, 3.63) is 29.8 Å². The molecule has 1 aromatic carbocycles. The first kappa shape index (κ1) is 14.4. The molecule has 1 fully saturated rings. The SMILES string of the molecule is COc1cccc(C(C)N2CCCC(C(C)O)C2)c1. The molecule has 106 valence electrons. The summed E-state index contributed by atoms with van der Waals surface area (Å²) in [5.74, 6) is 1.32. The molecule has 0 amide bonds. The van der Waals surface area contributed by atoms with Crippen LogP contribution in [0, 0.1) is 5.92 Å². The second kappa shape index (κ2) is 6.40. The molecular formula is C16H25NO2. The van der Waals surface area contributed by atoms with Crippen LogP contribution in [0.2, 0.25) is 0 Å². The van der Waals surface area contributed by atoms with E-state index in [0.717, 1.165) is 25.3 Å². The van der Waals surface area contributed by atoms with Crippen LogP contribution in [0.1, 0.15) is 38.3 Å². The third-order valence-corrected chi connectivity index (χ3v) is 4.30. The zero-order valence-corrected chi connectivity index (χ0v) is 12.2. The van der Waals surface area contributed by atoms with Gasteiger partial charge in [0, 0.05) is 12.6 Å². The van der Waals surface area contributed by atoms with Crippen LogP contribution in [0.4, 0.5) is 0 Å². The summed E-state index contributed by atoms with van der Waals surface area (Å²) in [6.07, 6.45) is 2.10. The van der Waals surface area contributed by atoms with Crippen molar-refractivity contribution in [3.8, 4) is 5.75 Å². The molecular weight excluding hydrogens is 238 g/mol. The third-order valence-electron chi connectivity index (χ3n) is 4.30. The van der Waals surface area contributed by atoms with Gasteiger partial charge in [0.2, 0.25) is 0 Å². The number of ether oxygens (including phenoxy) is 1. The Bertz CT molecular complexity index is 405. The summed E-state index contributed by atoms with van der Waals surface area (Å²) in [7, 11) is 1.70. The highest BCUT2D eigenvalue weighted by Crippen LogP contribution is 2.29. The van der Waals surface area contributed by atoms with E-state index in [0.29, 0.717) is 12.0 Å². The zero-order valence-electron chi connectivity index (χ0n) is 12.2. The van der Waals surface area contributed by atoms with Gasteiger partial charge in [-0.05, 0) is 56.8 Å². The van der Waals surface area contributed by atoms with E-state index in [1.54, 1.807) is 7.11 Å². The summed E-state index contributed by atoms with van der Waals surface area (Å²) in [6.45, 7) is 6.24. The lowest BCUT2D eigenvalue weighted by molar-refractivity contribution is 0.0471. The molecule has 2 rings (SSSR count). The topological polar surface area (TPSA) is 32.7 Å². The molecule has 1 aliphatic rings. The first-order chi connectivity index (χ1) is 9.11. The van der Waals surface area contributed by atoms with Crippen LogP contribution >= 0.6 is 0 Å². The Morgan fingerprint density at radius 1 is 1.37 bits per heavy atom. The van der Waals surface area contributed by atoms with Crippen LogP contribution < -0.4 is 4.74 Å². The minimum absolute atomic E-state index is 0.208. The van der Waals surface area contributed by atoms with Crippen LogP contribution in [0.5, 0.6) is 5.75 Å². The van der Waals surface area contributed by atoms with Gasteiger partial charge in [0.05, 0.1) is 13.2 Å². The van der Waals surface area contributed by atoms with Crippen molar-refractivity contribution < 1.29 is 9.84 Å². The highest BCUT2D eigenvalue weighted by Gasteiger charge is 2.26. The van der Waals surface area contributed by atoms with Crippen molar-refractivity contribution in [2.45, 2.75) is 38.8 Å². The van der Waals surface area contributed by atoms with E-state index in [1.807, 2.05) is 19.1 Å². The zero-order chi connectivity index (χ0) is 13.8.